The van der Waals surface area contributed by atoms with Crippen molar-refractivity contribution >= 4 is 11.8 Å². The fraction of sp³-hybridized carbons (Fsp3) is 0.364. The van der Waals surface area contributed by atoms with E-state index in [0.717, 1.165) is 19.6 Å². The molecule has 2 aliphatic heterocycles. The smallest absolute Gasteiger partial charge is 0.260 e. The summed E-state index contributed by atoms with van der Waals surface area (Å²) in [5, 5.41) is 2.93. The van der Waals surface area contributed by atoms with Crippen LogP contribution >= 0.6 is 0 Å². The van der Waals surface area contributed by atoms with Crippen LogP contribution in [0.5, 0.6) is 17.2 Å². The lowest BCUT2D eigenvalue weighted by atomic mass is 10.2. The second kappa shape index (κ2) is 9.49. The topological polar surface area (TPSA) is 80.3 Å². The van der Waals surface area contributed by atoms with Crippen molar-refractivity contribution in [1.29, 1.82) is 0 Å². The molecule has 0 aromatic heterocycles. The zero-order valence-corrected chi connectivity index (χ0v) is 16.7. The molecule has 0 saturated carbocycles. The van der Waals surface area contributed by atoms with Crippen molar-refractivity contribution in [2.45, 2.75) is 0 Å². The molecule has 0 bridgehead atoms. The molecule has 0 aliphatic carbocycles. The predicted octanol–water partition coefficient (Wildman–Crippen LogP) is 1.37. The van der Waals surface area contributed by atoms with Crippen LogP contribution in [0.15, 0.2) is 48.5 Å². The SMILES string of the molecule is O=C(NCCN1CCN(C(=O)COc2ccccc2)CC1)c1ccc2c(c1)OCO2. The minimum atomic E-state index is -0.139. The number of nitrogens with zero attached hydrogens (tertiary/aromatic N) is 2. The largest absolute Gasteiger partial charge is 0.484 e. The predicted molar refractivity (Wildman–Crippen MR) is 110 cm³/mol. The van der Waals surface area contributed by atoms with Gasteiger partial charge in [-0.3, -0.25) is 14.5 Å². The summed E-state index contributed by atoms with van der Waals surface area (Å²) in [6.07, 6.45) is 0. The number of hydrogen-bond donors (Lipinski definition) is 1. The molecule has 0 unspecified atom stereocenters. The number of nitrogens with one attached hydrogen (secondary N) is 1. The molecule has 30 heavy (non-hydrogen) atoms. The highest BCUT2D eigenvalue weighted by Crippen LogP contribution is 2.32. The average Bonchev–Trinajstić information content (AvgIpc) is 3.26. The number of rotatable bonds is 7. The summed E-state index contributed by atoms with van der Waals surface area (Å²) in [5.74, 6) is 1.81. The van der Waals surface area contributed by atoms with Gasteiger partial charge in [-0.25, -0.2) is 0 Å². The van der Waals surface area contributed by atoms with E-state index in [0.29, 0.717) is 42.4 Å². The van der Waals surface area contributed by atoms with E-state index in [4.69, 9.17) is 14.2 Å². The number of amides is 2. The van der Waals surface area contributed by atoms with E-state index >= 15 is 0 Å². The lowest BCUT2D eigenvalue weighted by Crippen LogP contribution is -2.51. The van der Waals surface area contributed by atoms with Crippen LogP contribution in [0, 0.1) is 0 Å². The fourth-order valence-corrected chi connectivity index (χ4v) is 3.44. The quantitative estimate of drug-likeness (QED) is 0.741. The third-order valence-electron chi connectivity index (χ3n) is 5.18. The number of piperazine rings is 1. The molecule has 1 N–H and O–H groups in total. The number of carbonyl (C=O) groups is 2. The van der Waals surface area contributed by atoms with Gasteiger partial charge in [0, 0.05) is 44.8 Å². The zero-order chi connectivity index (χ0) is 20.8. The van der Waals surface area contributed by atoms with Gasteiger partial charge < -0.3 is 24.4 Å². The molecule has 4 rings (SSSR count). The van der Waals surface area contributed by atoms with Crippen LogP contribution in [0.2, 0.25) is 0 Å². The monoisotopic (exact) mass is 411 g/mol. The van der Waals surface area contributed by atoms with E-state index in [-0.39, 0.29) is 25.2 Å². The first-order chi connectivity index (χ1) is 14.7. The molecule has 1 saturated heterocycles. The van der Waals surface area contributed by atoms with Crippen molar-refractivity contribution < 1.29 is 23.8 Å². The Kier molecular flexibility index (Phi) is 6.34. The lowest BCUT2D eigenvalue weighted by molar-refractivity contribution is -0.135. The second-order valence-corrected chi connectivity index (χ2v) is 7.15. The van der Waals surface area contributed by atoms with Gasteiger partial charge in [0.05, 0.1) is 0 Å². The van der Waals surface area contributed by atoms with Gasteiger partial charge in [0.15, 0.2) is 18.1 Å². The summed E-state index contributed by atoms with van der Waals surface area (Å²) in [4.78, 5) is 28.7. The Balaban J connectivity index is 1.14. The fourth-order valence-electron chi connectivity index (χ4n) is 3.44. The van der Waals surface area contributed by atoms with Gasteiger partial charge >= 0.3 is 0 Å². The number of carbonyl (C=O) groups excluding carboxylic acids is 2. The summed E-state index contributed by atoms with van der Waals surface area (Å²) < 4.78 is 16.1. The molecule has 2 amide bonds. The van der Waals surface area contributed by atoms with Crippen LogP contribution < -0.4 is 19.5 Å². The molecular formula is C22H25N3O5. The highest BCUT2D eigenvalue weighted by Gasteiger charge is 2.21. The maximum atomic E-state index is 12.3. The Labute approximate surface area is 175 Å². The lowest BCUT2D eigenvalue weighted by Gasteiger charge is -2.34. The van der Waals surface area contributed by atoms with Crippen LogP contribution in [0.25, 0.3) is 0 Å². The summed E-state index contributed by atoms with van der Waals surface area (Å²) in [5.41, 5.74) is 0.549. The Morgan fingerprint density at radius 3 is 2.53 bits per heavy atom. The van der Waals surface area contributed by atoms with Gasteiger partial charge in [-0.05, 0) is 30.3 Å². The van der Waals surface area contributed by atoms with Crippen LogP contribution in [-0.2, 0) is 4.79 Å². The molecule has 0 atom stereocenters. The van der Waals surface area contributed by atoms with Gasteiger partial charge in [0.25, 0.3) is 11.8 Å². The molecular weight excluding hydrogens is 386 g/mol. The molecule has 2 aliphatic rings. The summed E-state index contributed by atoms with van der Waals surface area (Å²) >= 11 is 0. The Morgan fingerprint density at radius 1 is 0.967 bits per heavy atom. The van der Waals surface area contributed by atoms with Crippen molar-refractivity contribution in [3.05, 3.63) is 54.1 Å². The van der Waals surface area contributed by atoms with Crippen LogP contribution in [-0.4, -0.2) is 74.3 Å². The molecule has 158 valence electrons. The normalized spacial score (nSPS) is 15.7. The first-order valence-corrected chi connectivity index (χ1v) is 10.0. The van der Waals surface area contributed by atoms with E-state index in [2.05, 4.69) is 10.2 Å². The first-order valence-electron chi connectivity index (χ1n) is 10.0. The molecule has 0 spiro atoms. The van der Waals surface area contributed by atoms with Gasteiger partial charge in [-0.2, -0.15) is 0 Å². The summed E-state index contributed by atoms with van der Waals surface area (Å²) in [6, 6.07) is 14.5. The number of hydrogen-bond acceptors (Lipinski definition) is 6. The zero-order valence-electron chi connectivity index (χ0n) is 16.7. The standard InChI is InChI=1S/C22H25N3O5/c26-21(15-28-18-4-2-1-3-5-18)25-12-10-24(11-13-25)9-8-23-22(27)17-6-7-19-20(14-17)30-16-29-19/h1-7,14H,8-13,15-16H2,(H,23,27). The van der Waals surface area contributed by atoms with Gasteiger partial charge in [0.2, 0.25) is 6.79 Å². The van der Waals surface area contributed by atoms with Crippen molar-refractivity contribution in [2.75, 3.05) is 52.7 Å². The van der Waals surface area contributed by atoms with E-state index in [1.165, 1.54) is 0 Å². The van der Waals surface area contributed by atoms with E-state index < -0.39 is 0 Å². The highest BCUT2D eigenvalue weighted by molar-refractivity contribution is 5.94. The molecule has 2 aromatic rings. The minimum Gasteiger partial charge on any atom is -0.484 e. The van der Waals surface area contributed by atoms with Gasteiger partial charge in [0.1, 0.15) is 5.75 Å². The highest BCUT2D eigenvalue weighted by atomic mass is 16.7. The number of benzene rings is 2. The Hall–Kier alpha value is -3.26. The van der Waals surface area contributed by atoms with Crippen LogP contribution in [0.4, 0.5) is 0 Å². The average molecular weight is 411 g/mol. The van der Waals surface area contributed by atoms with Crippen molar-refractivity contribution in [3.63, 3.8) is 0 Å². The van der Waals surface area contributed by atoms with Crippen LogP contribution in [0.1, 0.15) is 10.4 Å². The number of ether oxygens (including phenoxy) is 3. The van der Waals surface area contributed by atoms with Gasteiger partial charge in [-0.1, -0.05) is 18.2 Å². The molecule has 0 radical (unpaired) electrons. The summed E-state index contributed by atoms with van der Waals surface area (Å²) in [6.45, 7) is 4.38. The molecule has 2 aromatic carbocycles. The van der Waals surface area contributed by atoms with E-state index in [1.54, 1.807) is 18.2 Å². The molecule has 1 fully saturated rings. The Bertz CT molecular complexity index is 882. The minimum absolute atomic E-state index is 0.00499. The van der Waals surface area contributed by atoms with Crippen molar-refractivity contribution in [3.8, 4) is 17.2 Å². The first kappa shape index (κ1) is 20.0. The van der Waals surface area contributed by atoms with Crippen molar-refractivity contribution in [1.82, 2.24) is 15.1 Å². The van der Waals surface area contributed by atoms with Crippen LogP contribution in [0.3, 0.4) is 0 Å². The third-order valence-corrected chi connectivity index (χ3v) is 5.18. The van der Waals surface area contributed by atoms with Gasteiger partial charge in [-0.15, -0.1) is 0 Å². The Morgan fingerprint density at radius 2 is 1.73 bits per heavy atom. The third kappa shape index (κ3) is 5.01. The summed E-state index contributed by atoms with van der Waals surface area (Å²) in [7, 11) is 0. The molecule has 2 heterocycles. The number of fused-ring (bicyclic) bond motifs is 1. The number of para-hydroxylation sites is 1. The van der Waals surface area contributed by atoms with E-state index in [1.807, 2.05) is 35.2 Å². The van der Waals surface area contributed by atoms with Crippen molar-refractivity contribution in [2.24, 2.45) is 0 Å². The maximum Gasteiger partial charge on any atom is 0.260 e. The molecule has 8 nitrogen and oxygen atoms in total. The maximum absolute atomic E-state index is 12.3. The van der Waals surface area contributed by atoms with E-state index in [9.17, 15) is 9.59 Å². The molecule has 8 heteroatoms. The second-order valence-electron chi connectivity index (χ2n) is 7.15.